The van der Waals surface area contributed by atoms with Gasteiger partial charge in [0.2, 0.25) is 0 Å². The van der Waals surface area contributed by atoms with Crippen LogP contribution in [-0.4, -0.2) is 36.2 Å². The van der Waals surface area contributed by atoms with Crippen molar-refractivity contribution in [1.82, 2.24) is 5.32 Å². The predicted octanol–water partition coefficient (Wildman–Crippen LogP) is 2.38. The molecule has 0 aromatic rings. The molecule has 5 heteroatoms. The van der Waals surface area contributed by atoms with Crippen LogP contribution < -0.4 is 5.32 Å². The van der Waals surface area contributed by atoms with Gasteiger partial charge in [-0.15, -0.1) is 0 Å². The maximum Gasteiger partial charge on any atom is 0.408 e. The molecule has 17 heavy (non-hydrogen) atoms. The second-order valence-electron chi connectivity index (χ2n) is 5.54. The molecule has 0 aromatic heterocycles. The van der Waals surface area contributed by atoms with Gasteiger partial charge in [-0.3, -0.25) is 0 Å². The molecule has 1 fully saturated rings. The minimum atomic E-state index is -0.464. The molecule has 1 saturated heterocycles. The Balaban J connectivity index is 2.52. The molecular weight excluding hydrogens is 238 g/mol. The number of rotatable bonds is 4. The second-order valence-corrected chi connectivity index (χ2v) is 5.98. The molecule has 4 nitrogen and oxygen atoms in total. The van der Waals surface area contributed by atoms with Crippen molar-refractivity contribution >= 4 is 18.7 Å². The third-order valence-corrected chi connectivity index (χ3v) is 3.00. The van der Waals surface area contributed by atoms with E-state index in [9.17, 15) is 4.79 Å². The van der Waals surface area contributed by atoms with Crippen molar-refractivity contribution in [2.45, 2.75) is 51.2 Å². The first-order chi connectivity index (χ1) is 7.87. The van der Waals surface area contributed by atoms with Crippen LogP contribution >= 0.6 is 12.6 Å². The van der Waals surface area contributed by atoms with E-state index in [1.165, 1.54) is 0 Å². The third kappa shape index (κ3) is 5.17. The highest BCUT2D eigenvalue weighted by Gasteiger charge is 2.37. The highest BCUT2D eigenvalue weighted by Crippen LogP contribution is 2.25. The van der Waals surface area contributed by atoms with Gasteiger partial charge in [0, 0.05) is 6.61 Å². The van der Waals surface area contributed by atoms with Crippen molar-refractivity contribution in [3.05, 3.63) is 0 Å². The van der Waals surface area contributed by atoms with Crippen LogP contribution in [0, 0.1) is 0 Å². The minimum Gasteiger partial charge on any atom is -0.444 e. The van der Waals surface area contributed by atoms with E-state index in [0.717, 1.165) is 25.0 Å². The normalized spacial score (nSPS) is 24.7. The molecule has 0 aromatic carbocycles. The first-order valence-corrected chi connectivity index (χ1v) is 6.70. The molecule has 0 bridgehead atoms. The summed E-state index contributed by atoms with van der Waals surface area (Å²) in [6.07, 6.45) is 2.33. The summed E-state index contributed by atoms with van der Waals surface area (Å²) >= 11 is 4.21. The van der Waals surface area contributed by atoms with Gasteiger partial charge in [-0.25, -0.2) is 4.79 Å². The van der Waals surface area contributed by atoms with Crippen molar-refractivity contribution in [3.63, 3.8) is 0 Å². The fourth-order valence-electron chi connectivity index (χ4n) is 1.90. The fourth-order valence-corrected chi connectivity index (χ4v) is 2.06. The summed E-state index contributed by atoms with van der Waals surface area (Å²) in [5, 5.41) is 2.96. The van der Waals surface area contributed by atoms with Gasteiger partial charge >= 0.3 is 6.09 Å². The molecule has 1 aliphatic heterocycles. The summed E-state index contributed by atoms with van der Waals surface area (Å²) < 4.78 is 10.7. The first kappa shape index (κ1) is 14.6. The lowest BCUT2D eigenvalue weighted by Gasteiger charge is -2.30. The van der Waals surface area contributed by atoms with E-state index in [-0.39, 0.29) is 11.6 Å². The Bertz CT molecular complexity index is 257. The predicted molar refractivity (Wildman–Crippen MR) is 70.6 cm³/mol. The topological polar surface area (TPSA) is 47.6 Å². The SMILES string of the molecule is CC(C)(C)OC(=O)NC1(CCCS)CCOC1. The van der Waals surface area contributed by atoms with Crippen LogP contribution in [0.1, 0.15) is 40.0 Å². The number of carbonyl (C=O) groups excluding carboxylic acids is 1. The van der Waals surface area contributed by atoms with Crippen molar-refractivity contribution in [1.29, 1.82) is 0 Å². The zero-order chi connectivity index (χ0) is 12.9. The summed E-state index contributed by atoms with van der Waals surface area (Å²) in [6.45, 7) is 6.84. The molecular formula is C12H23NO3S. The quantitative estimate of drug-likeness (QED) is 0.764. The Morgan fingerprint density at radius 3 is 2.71 bits per heavy atom. The molecule has 1 atom stereocenters. The van der Waals surface area contributed by atoms with Gasteiger partial charge < -0.3 is 14.8 Å². The third-order valence-electron chi connectivity index (χ3n) is 2.68. The van der Waals surface area contributed by atoms with Crippen molar-refractivity contribution < 1.29 is 14.3 Å². The number of hydrogen-bond donors (Lipinski definition) is 2. The lowest BCUT2D eigenvalue weighted by atomic mass is 9.93. The van der Waals surface area contributed by atoms with Crippen LogP contribution in [-0.2, 0) is 9.47 Å². The van der Waals surface area contributed by atoms with Crippen molar-refractivity contribution in [2.24, 2.45) is 0 Å². The van der Waals surface area contributed by atoms with Crippen LogP contribution in [0.15, 0.2) is 0 Å². The number of nitrogens with one attached hydrogen (secondary N) is 1. The number of alkyl carbamates (subject to hydrolysis) is 1. The molecule has 1 rings (SSSR count). The molecule has 0 radical (unpaired) electrons. The highest BCUT2D eigenvalue weighted by molar-refractivity contribution is 7.80. The van der Waals surface area contributed by atoms with Gasteiger partial charge in [0.15, 0.2) is 0 Å². The van der Waals surface area contributed by atoms with E-state index in [1.54, 1.807) is 0 Å². The summed E-state index contributed by atoms with van der Waals surface area (Å²) in [7, 11) is 0. The first-order valence-electron chi connectivity index (χ1n) is 6.07. The molecule has 1 amide bonds. The number of hydrogen-bond acceptors (Lipinski definition) is 4. The minimum absolute atomic E-state index is 0.259. The zero-order valence-corrected chi connectivity index (χ0v) is 11.8. The molecule has 0 spiro atoms. The molecule has 1 aliphatic rings. The lowest BCUT2D eigenvalue weighted by molar-refractivity contribution is 0.0433. The van der Waals surface area contributed by atoms with E-state index in [0.29, 0.717) is 13.2 Å². The van der Waals surface area contributed by atoms with E-state index >= 15 is 0 Å². The Kier molecular flexibility index (Phi) is 5.13. The van der Waals surface area contributed by atoms with Crippen molar-refractivity contribution in [3.8, 4) is 0 Å². The average molecular weight is 261 g/mol. The fraction of sp³-hybridized carbons (Fsp3) is 0.917. The Morgan fingerprint density at radius 2 is 2.24 bits per heavy atom. The summed E-state index contributed by atoms with van der Waals surface area (Å²) in [5.41, 5.74) is -0.723. The zero-order valence-electron chi connectivity index (χ0n) is 10.9. The smallest absolute Gasteiger partial charge is 0.408 e. The summed E-state index contributed by atoms with van der Waals surface area (Å²) in [5.74, 6) is 0.817. The van der Waals surface area contributed by atoms with Crippen LogP contribution in [0.2, 0.25) is 0 Å². The number of amides is 1. The second kappa shape index (κ2) is 5.96. The van der Waals surface area contributed by atoms with Crippen LogP contribution in [0.5, 0.6) is 0 Å². The molecule has 1 N–H and O–H groups in total. The Hall–Kier alpha value is -0.420. The van der Waals surface area contributed by atoms with Gasteiger partial charge in [-0.05, 0) is 45.8 Å². The number of carbonyl (C=O) groups is 1. The maximum atomic E-state index is 11.8. The number of thiol groups is 1. The van der Waals surface area contributed by atoms with Gasteiger partial charge in [0.05, 0.1) is 12.1 Å². The molecule has 100 valence electrons. The lowest BCUT2D eigenvalue weighted by Crippen LogP contribution is -2.50. The van der Waals surface area contributed by atoms with E-state index in [1.807, 2.05) is 20.8 Å². The van der Waals surface area contributed by atoms with Crippen LogP contribution in [0.3, 0.4) is 0 Å². The molecule has 1 heterocycles. The standard InChI is InChI=1S/C12H23NO3S/c1-11(2,3)16-10(14)13-12(5-4-8-17)6-7-15-9-12/h17H,4-9H2,1-3H3,(H,13,14). The average Bonchev–Trinajstić information content (AvgIpc) is 2.60. The molecule has 0 aliphatic carbocycles. The van der Waals surface area contributed by atoms with Crippen LogP contribution in [0.4, 0.5) is 4.79 Å². The number of ether oxygens (including phenoxy) is 2. The molecule has 0 saturated carbocycles. The highest BCUT2D eigenvalue weighted by atomic mass is 32.1. The van der Waals surface area contributed by atoms with Gasteiger partial charge in [-0.2, -0.15) is 12.6 Å². The largest absolute Gasteiger partial charge is 0.444 e. The summed E-state index contributed by atoms with van der Waals surface area (Å²) in [4.78, 5) is 11.8. The monoisotopic (exact) mass is 261 g/mol. The van der Waals surface area contributed by atoms with Gasteiger partial charge in [-0.1, -0.05) is 0 Å². The van der Waals surface area contributed by atoms with E-state index < -0.39 is 5.60 Å². The van der Waals surface area contributed by atoms with E-state index in [2.05, 4.69) is 17.9 Å². The Morgan fingerprint density at radius 1 is 1.53 bits per heavy atom. The van der Waals surface area contributed by atoms with Crippen LogP contribution in [0.25, 0.3) is 0 Å². The van der Waals surface area contributed by atoms with Crippen molar-refractivity contribution in [2.75, 3.05) is 19.0 Å². The maximum absolute atomic E-state index is 11.8. The molecule has 1 unspecified atom stereocenters. The Labute approximate surface area is 109 Å². The van der Waals surface area contributed by atoms with Gasteiger partial charge in [0.1, 0.15) is 5.60 Å². The van der Waals surface area contributed by atoms with E-state index in [4.69, 9.17) is 9.47 Å². The summed E-state index contributed by atoms with van der Waals surface area (Å²) in [6, 6.07) is 0. The van der Waals surface area contributed by atoms with Gasteiger partial charge in [0.25, 0.3) is 0 Å².